The van der Waals surface area contributed by atoms with Crippen molar-refractivity contribution in [2.45, 2.75) is 33.4 Å². The Hall–Kier alpha value is -1.71. The van der Waals surface area contributed by atoms with E-state index in [0.717, 1.165) is 33.8 Å². The number of hydrogen-bond donors (Lipinski definition) is 0. The highest BCUT2D eigenvalue weighted by molar-refractivity contribution is 6.30. The van der Waals surface area contributed by atoms with Crippen LogP contribution in [0.1, 0.15) is 40.4 Å². The third-order valence-electron chi connectivity index (χ3n) is 3.92. The lowest BCUT2D eigenvalue weighted by Crippen LogP contribution is -2.31. The van der Waals surface area contributed by atoms with Gasteiger partial charge in [-0.1, -0.05) is 23.2 Å². The maximum absolute atomic E-state index is 6.14. The van der Waals surface area contributed by atoms with E-state index in [4.69, 9.17) is 25.8 Å². The summed E-state index contributed by atoms with van der Waals surface area (Å²) in [6, 6.07) is 7.90. The highest BCUT2D eigenvalue weighted by Gasteiger charge is 2.39. The molecule has 2 aliphatic rings. The zero-order chi connectivity index (χ0) is 14.7. The number of benzene rings is 2. The zero-order valence-corrected chi connectivity index (χ0v) is 12.8. The van der Waals surface area contributed by atoms with Crippen LogP contribution in [0.15, 0.2) is 24.3 Å². The molecule has 2 unspecified atom stereocenters. The molecule has 0 spiro atoms. The first-order valence-electron chi connectivity index (χ1n) is 6.93. The predicted molar refractivity (Wildman–Crippen MR) is 79.9 cm³/mol. The topological polar surface area (TPSA) is 27.7 Å². The van der Waals surface area contributed by atoms with Crippen LogP contribution >= 0.6 is 11.6 Å². The molecule has 4 rings (SSSR count). The van der Waals surface area contributed by atoms with E-state index in [1.54, 1.807) is 0 Å². The van der Waals surface area contributed by atoms with Crippen molar-refractivity contribution in [1.29, 1.82) is 0 Å². The van der Waals surface area contributed by atoms with Crippen LogP contribution in [0.3, 0.4) is 0 Å². The Bertz CT molecular complexity index is 691. The normalized spacial score (nSPS) is 21.9. The molecule has 4 heteroatoms. The summed E-state index contributed by atoms with van der Waals surface area (Å²) in [4.78, 5) is 0. The molecule has 2 aliphatic heterocycles. The third-order valence-corrected chi connectivity index (χ3v) is 4.14. The van der Waals surface area contributed by atoms with Crippen molar-refractivity contribution in [1.82, 2.24) is 0 Å². The average Bonchev–Trinajstić information content (AvgIpc) is 2.41. The molecule has 2 heterocycles. The fraction of sp³-hybridized carbons (Fsp3) is 0.294. The summed E-state index contributed by atoms with van der Waals surface area (Å²) in [5, 5.41) is 0.659. The molecular formula is C17H15ClO3. The molecular weight excluding hydrogens is 288 g/mol. The van der Waals surface area contributed by atoms with E-state index >= 15 is 0 Å². The number of ether oxygens (including phenoxy) is 3. The lowest BCUT2D eigenvalue weighted by molar-refractivity contribution is -0.228. The van der Waals surface area contributed by atoms with Gasteiger partial charge in [-0.25, -0.2) is 0 Å². The van der Waals surface area contributed by atoms with Crippen molar-refractivity contribution in [2.24, 2.45) is 0 Å². The van der Waals surface area contributed by atoms with Gasteiger partial charge in [-0.2, -0.15) is 0 Å². The summed E-state index contributed by atoms with van der Waals surface area (Å²) in [5.41, 5.74) is 5.05. The fourth-order valence-electron chi connectivity index (χ4n) is 3.07. The van der Waals surface area contributed by atoms with Crippen molar-refractivity contribution in [3.63, 3.8) is 0 Å². The van der Waals surface area contributed by atoms with Crippen molar-refractivity contribution < 1.29 is 14.2 Å². The SMILES string of the molecule is Cc1cc(C)c2c(c1)C1Oc3c(C)cc(Cl)cc3C(O2)O1. The van der Waals surface area contributed by atoms with E-state index in [9.17, 15) is 0 Å². The van der Waals surface area contributed by atoms with Crippen molar-refractivity contribution in [3.05, 3.63) is 57.1 Å². The molecule has 3 nitrogen and oxygen atoms in total. The standard InChI is InChI=1S/C17H15ClO3/c1-8-4-9(2)14-12(5-8)16-20-15-10(3)6-11(18)7-13(15)17(19-14)21-16/h4-7,16-17H,1-3H3. The minimum Gasteiger partial charge on any atom is -0.459 e. The number of fused-ring (bicyclic) bond motifs is 6. The number of halogens is 1. The Kier molecular flexibility index (Phi) is 2.72. The molecule has 0 aliphatic carbocycles. The summed E-state index contributed by atoms with van der Waals surface area (Å²) in [6.45, 7) is 6.08. The molecule has 0 radical (unpaired) electrons. The van der Waals surface area contributed by atoms with Gasteiger partial charge in [-0.15, -0.1) is 0 Å². The van der Waals surface area contributed by atoms with Gasteiger partial charge in [0, 0.05) is 5.02 Å². The van der Waals surface area contributed by atoms with Crippen LogP contribution in [0, 0.1) is 20.8 Å². The third kappa shape index (κ3) is 1.92. The molecule has 0 aromatic heterocycles. The Morgan fingerprint density at radius 3 is 2.05 bits per heavy atom. The summed E-state index contributed by atoms with van der Waals surface area (Å²) >= 11 is 6.14. The highest BCUT2D eigenvalue weighted by Crippen LogP contribution is 2.50. The van der Waals surface area contributed by atoms with Crippen LogP contribution in [0.2, 0.25) is 5.02 Å². The first-order chi connectivity index (χ1) is 10.0. The van der Waals surface area contributed by atoms with Gasteiger partial charge in [0.15, 0.2) is 0 Å². The first kappa shape index (κ1) is 13.0. The van der Waals surface area contributed by atoms with E-state index in [0.29, 0.717) is 5.02 Å². The Morgan fingerprint density at radius 1 is 0.810 bits per heavy atom. The van der Waals surface area contributed by atoms with Gasteiger partial charge >= 0.3 is 0 Å². The average molecular weight is 303 g/mol. The van der Waals surface area contributed by atoms with Gasteiger partial charge in [0.2, 0.25) is 12.6 Å². The molecule has 0 saturated heterocycles. The monoisotopic (exact) mass is 302 g/mol. The van der Waals surface area contributed by atoms with Crippen LogP contribution in [0.4, 0.5) is 0 Å². The van der Waals surface area contributed by atoms with Gasteiger partial charge in [0.05, 0.1) is 11.1 Å². The first-order valence-corrected chi connectivity index (χ1v) is 7.30. The zero-order valence-electron chi connectivity index (χ0n) is 12.1. The second-order valence-corrected chi connectivity index (χ2v) is 6.11. The largest absolute Gasteiger partial charge is 0.459 e. The van der Waals surface area contributed by atoms with Gasteiger partial charge in [0.1, 0.15) is 11.5 Å². The Balaban J connectivity index is 1.89. The van der Waals surface area contributed by atoms with E-state index in [-0.39, 0.29) is 0 Å². The molecule has 2 aromatic carbocycles. The Morgan fingerprint density at radius 2 is 1.38 bits per heavy atom. The van der Waals surface area contributed by atoms with Crippen molar-refractivity contribution >= 4 is 11.6 Å². The number of aryl methyl sites for hydroxylation is 3. The van der Waals surface area contributed by atoms with E-state index in [1.807, 2.05) is 26.0 Å². The summed E-state index contributed by atoms with van der Waals surface area (Å²) in [7, 11) is 0. The number of rotatable bonds is 0. The van der Waals surface area contributed by atoms with Crippen molar-refractivity contribution in [2.75, 3.05) is 0 Å². The molecule has 0 fully saturated rings. The lowest BCUT2D eigenvalue weighted by atomic mass is 10.0. The molecule has 0 amide bonds. The summed E-state index contributed by atoms with van der Waals surface area (Å²) < 4.78 is 18.0. The minimum atomic E-state index is -0.468. The van der Waals surface area contributed by atoms with Gasteiger partial charge < -0.3 is 9.47 Å². The predicted octanol–water partition coefficient (Wildman–Crippen LogP) is 4.76. The van der Waals surface area contributed by atoms with Crippen LogP contribution < -0.4 is 9.47 Å². The molecule has 108 valence electrons. The van der Waals surface area contributed by atoms with Crippen LogP contribution in [-0.2, 0) is 4.74 Å². The number of hydrogen-bond acceptors (Lipinski definition) is 3. The van der Waals surface area contributed by atoms with Crippen molar-refractivity contribution in [3.8, 4) is 11.5 Å². The molecule has 21 heavy (non-hydrogen) atoms. The molecule has 2 aromatic rings. The molecule has 2 atom stereocenters. The van der Waals surface area contributed by atoms with Gasteiger partial charge in [-0.05, 0) is 50.1 Å². The smallest absolute Gasteiger partial charge is 0.234 e. The fourth-order valence-corrected chi connectivity index (χ4v) is 3.35. The second kappa shape index (κ2) is 4.39. The minimum absolute atomic E-state index is 0.426. The lowest BCUT2D eigenvalue weighted by Gasteiger charge is -2.39. The quantitative estimate of drug-likeness (QED) is 0.702. The van der Waals surface area contributed by atoms with E-state index < -0.39 is 12.6 Å². The maximum Gasteiger partial charge on any atom is 0.234 e. The molecule has 0 saturated carbocycles. The highest BCUT2D eigenvalue weighted by atomic mass is 35.5. The van der Waals surface area contributed by atoms with Crippen LogP contribution in [0.25, 0.3) is 0 Å². The van der Waals surface area contributed by atoms with Crippen LogP contribution in [-0.4, -0.2) is 0 Å². The van der Waals surface area contributed by atoms with E-state index in [2.05, 4.69) is 19.1 Å². The molecule has 2 bridgehead atoms. The maximum atomic E-state index is 6.14. The Labute approximate surface area is 128 Å². The summed E-state index contributed by atoms with van der Waals surface area (Å²) in [6.07, 6.45) is -0.894. The second-order valence-electron chi connectivity index (χ2n) is 5.68. The van der Waals surface area contributed by atoms with Gasteiger partial charge in [-0.3, -0.25) is 4.74 Å². The summed E-state index contributed by atoms with van der Waals surface area (Å²) in [5.74, 6) is 1.66. The van der Waals surface area contributed by atoms with E-state index in [1.165, 1.54) is 5.56 Å². The van der Waals surface area contributed by atoms with Crippen LogP contribution in [0.5, 0.6) is 11.5 Å². The van der Waals surface area contributed by atoms with Gasteiger partial charge in [0.25, 0.3) is 0 Å². The molecule has 0 N–H and O–H groups in total.